The van der Waals surface area contributed by atoms with Gasteiger partial charge in [0.15, 0.2) is 0 Å². The molecule has 4 N–H and O–H groups in total. The van der Waals surface area contributed by atoms with Crippen molar-refractivity contribution >= 4 is 44.9 Å². The number of carbonyl (C=O) groups is 2. The zero-order chi connectivity index (χ0) is 28.8. The summed E-state index contributed by atoms with van der Waals surface area (Å²) in [5.74, 6) is -2.94. The predicted octanol–water partition coefficient (Wildman–Crippen LogP) is 4.16. The first-order valence-electron chi connectivity index (χ1n) is 12.3. The Bertz CT molecular complexity index is 1300. The first-order chi connectivity index (χ1) is 18.3. The highest BCUT2D eigenvalue weighted by Gasteiger charge is 2.38. The molecule has 1 heterocycles. The number of carbonyl (C=O) groups excluding carboxylic acids is 1. The summed E-state index contributed by atoms with van der Waals surface area (Å²) in [5, 5.41) is 13.9. The summed E-state index contributed by atoms with van der Waals surface area (Å²) in [6.07, 6.45) is -0.870. The molecule has 14 heteroatoms. The second kappa shape index (κ2) is 12.9. The van der Waals surface area contributed by atoms with Crippen molar-refractivity contribution < 1.29 is 36.3 Å². The average Bonchev–Trinajstić information content (AvgIpc) is 3.38. The van der Waals surface area contributed by atoms with Crippen LogP contribution >= 0.6 is 11.6 Å². The van der Waals surface area contributed by atoms with E-state index in [2.05, 4.69) is 20.3 Å². The lowest BCUT2D eigenvalue weighted by atomic mass is 10.1. The van der Waals surface area contributed by atoms with Crippen LogP contribution in [0, 0.1) is 6.92 Å². The maximum Gasteiger partial charge on any atom is 0.490 e. The Balaban J connectivity index is 0.000000532. The van der Waals surface area contributed by atoms with Gasteiger partial charge in [-0.2, -0.15) is 13.2 Å². The highest BCUT2D eigenvalue weighted by molar-refractivity contribution is 7.92. The fourth-order valence-electron chi connectivity index (χ4n) is 4.22. The molecular formula is C25H30ClF3N4O5S. The number of nitrogens with zero attached hydrogens (tertiary/aromatic N) is 1. The van der Waals surface area contributed by atoms with E-state index < -0.39 is 22.2 Å². The molecule has 1 aliphatic heterocycles. The summed E-state index contributed by atoms with van der Waals surface area (Å²) < 4.78 is 60.8. The van der Waals surface area contributed by atoms with Gasteiger partial charge in [-0.05, 0) is 55.7 Å². The SMILES string of the molecule is Cc1ccc(S(=O)(=O)Nc2cc(C(=O)NC3CCCC3)ccc2N2CCNCC2)cc1Cl.O=C(O)C(F)(F)F. The summed E-state index contributed by atoms with van der Waals surface area (Å²) in [4.78, 5) is 23.9. The number of alkyl halides is 3. The van der Waals surface area contributed by atoms with Crippen LogP contribution in [-0.2, 0) is 14.8 Å². The highest BCUT2D eigenvalue weighted by Crippen LogP contribution is 2.31. The number of rotatable bonds is 6. The molecule has 0 atom stereocenters. The second-order valence-electron chi connectivity index (χ2n) is 9.24. The molecule has 214 valence electrons. The number of hydrogen-bond donors (Lipinski definition) is 4. The molecule has 1 saturated heterocycles. The number of carboxylic acid groups (broad SMARTS) is 1. The number of nitrogens with one attached hydrogen (secondary N) is 3. The molecule has 2 fully saturated rings. The number of anilines is 2. The van der Waals surface area contributed by atoms with Crippen LogP contribution in [0.15, 0.2) is 41.3 Å². The van der Waals surface area contributed by atoms with E-state index >= 15 is 0 Å². The summed E-state index contributed by atoms with van der Waals surface area (Å²) >= 11 is 6.16. The second-order valence-corrected chi connectivity index (χ2v) is 11.3. The summed E-state index contributed by atoms with van der Waals surface area (Å²) in [6, 6.07) is 10.1. The minimum absolute atomic E-state index is 0.0835. The third-order valence-electron chi connectivity index (χ3n) is 6.35. The van der Waals surface area contributed by atoms with E-state index in [0.717, 1.165) is 63.1 Å². The Morgan fingerprint density at radius 1 is 1.08 bits per heavy atom. The fraction of sp³-hybridized carbons (Fsp3) is 0.440. The molecule has 0 aromatic heterocycles. The third-order valence-corrected chi connectivity index (χ3v) is 8.12. The van der Waals surface area contributed by atoms with Crippen LogP contribution in [-0.4, -0.2) is 63.8 Å². The van der Waals surface area contributed by atoms with Gasteiger partial charge in [0.2, 0.25) is 0 Å². The van der Waals surface area contributed by atoms with Crippen LogP contribution in [0.3, 0.4) is 0 Å². The van der Waals surface area contributed by atoms with Crippen molar-refractivity contribution in [3.8, 4) is 0 Å². The van der Waals surface area contributed by atoms with Gasteiger partial charge in [0, 0.05) is 42.8 Å². The molecule has 9 nitrogen and oxygen atoms in total. The number of hydrogen-bond acceptors (Lipinski definition) is 6. The predicted molar refractivity (Wildman–Crippen MR) is 142 cm³/mol. The van der Waals surface area contributed by atoms with Crippen LogP contribution in [0.25, 0.3) is 0 Å². The highest BCUT2D eigenvalue weighted by atomic mass is 35.5. The van der Waals surface area contributed by atoms with Crippen molar-refractivity contribution in [3.63, 3.8) is 0 Å². The zero-order valence-electron chi connectivity index (χ0n) is 21.1. The summed E-state index contributed by atoms with van der Waals surface area (Å²) in [5.41, 5.74) is 2.39. The van der Waals surface area contributed by atoms with Gasteiger partial charge in [0.25, 0.3) is 15.9 Å². The lowest BCUT2D eigenvalue weighted by molar-refractivity contribution is -0.192. The van der Waals surface area contributed by atoms with Gasteiger partial charge >= 0.3 is 12.1 Å². The van der Waals surface area contributed by atoms with E-state index in [1.54, 1.807) is 18.2 Å². The molecule has 0 unspecified atom stereocenters. The monoisotopic (exact) mass is 590 g/mol. The van der Waals surface area contributed by atoms with Crippen molar-refractivity contribution in [1.82, 2.24) is 10.6 Å². The van der Waals surface area contributed by atoms with E-state index in [9.17, 15) is 26.4 Å². The Morgan fingerprint density at radius 3 is 2.26 bits per heavy atom. The normalized spacial score (nSPS) is 16.3. The van der Waals surface area contributed by atoms with E-state index in [0.29, 0.717) is 16.3 Å². The first-order valence-corrected chi connectivity index (χ1v) is 14.1. The number of aryl methyl sites for hydroxylation is 1. The molecular weight excluding hydrogens is 561 g/mol. The van der Waals surface area contributed by atoms with Crippen molar-refractivity contribution in [3.05, 3.63) is 52.5 Å². The van der Waals surface area contributed by atoms with E-state index in [-0.39, 0.29) is 16.8 Å². The van der Waals surface area contributed by atoms with Crippen molar-refractivity contribution in [2.75, 3.05) is 35.8 Å². The maximum absolute atomic E-state index is 13.2. The Hall–Kier alpha value is -3.03. The van der Waals surface area contributed by atoms with Gasteiger partial charge in [-0.1, -0.05) is 30.5 Å². The quantitative estimate of drug-likeness (QED) is 0.398. The van der Waals surface area contributed by atoms with Crippen LogP contribution < -0.4 is 20.3 Å². The Morgan fingerprint density at radius 2 is 1.69 bits per heavy atom. The Labute approximate surface area is 229 Å². The average molecular weight is 591 g/mol. The number of carboxylic acids is 1. The molecule has 0 radical (unpaired) electrons. The van der Waals surface area contributed by atoms with Gasteiger partial charge in [-0.15, -0.1) is 0 Å². The summed E-state index contributed by atoms with van der Waals surface area (Å²) in [6.45, 7) is 4.94. The van der Waals surface area contributed by atoms with Crippen molar-refractivity contribution in [2.45, 2.75) is 49.7 Å². The van der Waals surface area contributed by atoms with Gasteiger partial charge in [-0.3, -0.25) is 9.52 Å². The smallest absolute Gasteiger partial charge is 0.475 e. The van der Waals surface area contributed by atoms with Gasteiger partial charge in [0.05, 0.1) is 16.3 Å². The van der Waals surface area contributed by atoms with Crippen LogP contribution in [0.4, 0.5) is 24.5 Å². The van der Waals surface area contributed by atoms with E-state index in [1.165, 1.54) is 12.1 Å². The lowest BCUT2D eigenvalue weighted by Crippen LogP contribution is -2.43. The first kappa shape index (κ1) is 30.5. The van der Waals surface area contributed by atoms with Gasteiger partial charge < -0.3 is 20.6 Å². The van der Waals surface area contributed by atoms with Crippen LogP contribution in [0.5, 0.6) is 0 Å². The zero-order valence-corrected chi connectivity index (χ0v) is 22.7. The Kier molecular flexibility index (Phi) is 10.1. The topological polar surface area (TPSA) is 128 Å². The van der Waals surface area contributed by atoms with Crippen molar-refractivity contribution in [2.24, 2.45) is 0 Å². The van der Waals surface area contributed by atoms with Crippen LogP contribution in [0.1, 0.15) is 41.6 Å². The number of halogens is 4. The standard InChI is InChI=1S/C23H29ClN4O3S.C2HF3O2/c1-16-6-8-19(15-20(16)24)32(30,31)27-21-14-17(23(29)26-18-4-2-3-5-18)7-9-22(21)28-12-10-25-11-13-28;3-2(4,5)1(6)7/h6-9,14-15,18,25,27H,2-5,10-13H2,1H3,(H,26,29);(H,6,7). The third kappa shape index (κ3) is 8.48. The van der Waals surface area contributed by atoms with Crippen LogP contribution in [0.2, 0.25) is 5.02 Å². The lowest BCUT2D eigenvalue weighted by Gasteiger charge is -2.31. The number of sulfonamides is 1. The van der Waals surface area contributed by atoms with Crippen molar-refractivity contribution in [1.29, 1.82) is 0 Å². The molecule has 0 spiro atoms. The molecule has 39 heavy (non-hydrogen) atoms. The molecule has 1 aliphatic carbocycles. The minimum Gasteiger partial charge on any atom is -0.475 e. The fourth-order valence-corrected chi connectivity index (χ4v) is 5.56. The van der Waals surface area contributed by atoms with Gasteiger partial charge in [-0.25, -0.2) is 13.2 Å². The van der Waals surface area contributed by atoms with E-state index in [1.807, 2.05) is 13.0 Å². The molecule has 2 aromatic rings. The maximum atomic E-state index is 13.2. The number of piperazine rings is 1. The summed E-state index contributed by atoms with van der Waals surface area (Å²) in [7, 11) is -3.89. The molecule has 4 rings (SSSR count). The number of amides is 1. The largest absolute Gasteiger partial charge is 0.490 e. The number of benzene rings is 2. The molecule has 0 bridgehead atoms. The van der Waals surface area contributed by atoms with E-state index in [4.69, 9.17) is 21.5 Å². The molecule has 2 aromatic carbocycles. The minimum atomic E-state index is -5.08. The molecule has 1 saturated carbocycles. The van der Waals surface area contributed by atoms with Gasteiger partial charge in [0.1, 0.15) is 0 Å². The molecule has 2 aliphatic rings. The number of aliphatic carboxylic acids is 1. The molecule has 1 amide bonds.